The monoisotopic (exact) mass is 420 g/mol. The predicted octanol–water partition coefficient (Wildman–Crippen LogP) is 4.41. The third-order valence-corrected chi connectivity index (χ3v) is 4.67. The van der Waals surface area contributed by atoms with Gasteiger partial charge in [0.25, 0.3) is 0 Å². The first kappa shape index (κ1) is 21.7. The van der Waals surface area contributed by atoms with E-state index in [9.17, 15) is 9.59 Å². The van der Waals surface area contributed by atoms with Gasteiger partial charge in [0.2, 0.25) is 0 Å². The molecule has 8 heteroatoms. The lowest BCUT2D eigenvalue weighted by Crippen LogP contribution is -2.41. The average Bonchev–Trinajstić information content (AvgIpc) is 2.66. The van der Waals surface area contributed by atoms with E-state index in [1.54, 1.807) is 18.2 Å². The van der Waals surface area contributed by atoms with E-state index in [1.165, 1.54) is 6.21 Å². The summed E-state index contributed by atoms with van der Waals surface area (Å²) in [6.45, 7) is 5.65. The van der Waals surface area contributed by atoms with Crippen LogP contribution in [0.2, 0.25) is 10.0 Å². The Hall–Kier alpha value is -2.57. The summed E-state index contributed by atoms with van der Waals surface area (Å²) in [6.07, 6.45) is 2.14. The summed E-state index contributed by atoms with van der Waals surface area (Å²) in [6, 6.07) is 10.7. The minimum atomic E-state index is -0.835. The molecular formula is C20H22Cl2N4O2. The minimum Gasteiger partial charge on any atom is -0.355 e. The lowest BCUT2D eigenvalue weighted by atomic mass is 10.1. The number of carbonyl (C=O) groups is 2. The Balaban J connectivity index is 2.11. The number of carbonyl (C=O) groups excluding carboxylic acids is 2. The van der Waals surface area contributed by atoms with Crippen molar-refractivity contribution >= 4 is 52.6 Å². The molecule has 0 aromatic heterocycles. The highest BCUT2D eigenvalue weighted by molar-refractivity contribution is 6.35. The first-order valence-electron chi connectivity index (χ1n) is 8.76. The molecule has 0 aliphatic heterocycles. The number of halogens is 2. The van der Waals surface area contributed by atoms with E-state index < -0.39 is 11.8 Å². The Bertz CT molecular complexity index is 900. The van der Waals surface area contributed by atoms with Crippen molar-refractivity contribution in [2.45, 2.75) is 33.2 Å². The lowest BCUT2D eigenvalue weighted by molar-refractivity contribution is -0.139. The fourth-order valence-electron chi connectivity index (χ4n) is 2.18. The molecule has 0 aliphatic carbocycles. The van der Waals surface area contributed by atoms with Gasteiger partial charge in [0.1, 0.15) is 0 Å². The summed E-state index contributed by atoms with van der Waals surface area (Å²) in [5, 5.41) is 10.8. The van der Waals surface area contributed by atoms with Crippen molar-refractivity contribution in [1.29, 1.82) is 0 Å². The Morgan fingerprint density at radius 1 is 1.14 bits per heavy atom. The fourth-order valence-corrected chi connectivity index (χ4v) is 2.54. The largest absolute Gasteiger partial charge is 0.355 e. The van der Waals surface area contributed by atoms with Crippen LogP contribution in [0.1, 0.15) is 31.4 Å². The normalized spacial score (nSPS) is 11.9. The minimum absolute atomic E-state index is 0.0905. The van der Waals surface area contributed by atoms with Crippen LogP contribution in [0.3, 0.4) is 0 Å². The quantitative estimate of drug-likeness (QED) is 0.367. The van der Waals surface area contributed by atoms with Gasteiger partial charge >= 0.3 is 11.8 Å². The number of hydrogen-bond donors (Lipinski definition) is 3. The second kappa shape index (κ2) is 10.1. The van der Waals surface area contributed by atoms with Gasteiger partial charge in [-0.05, 0) is 56.2 Å². The highest BCUT2D eigenvalue weighted by atomic mass is 35.5. The van der Waals surface area contributed by atoms with Crippen LogP contribution in [-0.2, 0) is 9.59 Å². The summed E-state index contributed by atoms with van der Waals surface area (Å²) >= 11 is 12.2. The molecule has 0 saturated carbocycles. The first-order chi connectivity index (χ1) is 13.3. The molecule has 0 bridgehead atoms. The van der Waals surface area contributed by atoms with Crippen molar-refractivity contribution in [3.8, 4) is 0 Å². The van der Waals surface area contributed by atoms with Gasteiger partial charge in [-0.2, -0.15) is 5.10 Å². The Labute approximate surface area is 174 Å². The molecule has 0 unspecified atom stereocenters. The van der Waals surface area contributed by atoms with Crippen LogP contribution in [0.25, 0.3) is 0 Å². The van der Waals surface area contributed by atoms with E-state index in [4.69, 9.17) is 23.2 Å². The van der Waals surface area contributed by atoms with Gasteiger partial charge in [-0.15, -0.1) is 0 Å². The fraction of sp³-hybridized carbons (Fsp3) is 0.250. The van der Waals surface area contributed by atoms with Crippen LogP contribution in [0.15, 0.2) is 41.5 Å². The van der Waals surface area contributed by atoms with Crippen molar-refractivity contribution in [1.82, 2.24) is 10.7 Å². The molecule has 0 fully saturated rings. The van der Waals surface area contributed by atoms with Crippen LogP contribution in [0.4, 0.5) is 11.4 Å². The van der Waals surface area contributed by atoms with Crippen LogP contribution in [0, 0.1) is 6.92 Å². The SMILES string of the molecule is CC[C@@H](C)NC(=O)C(=O)N/N=C\c1cc(Cl)ccc1Nc1ccc(C)c(Cl)c1. The van der Waals surface area contributed by atoms with Gasteiger partial charge < -0.3 is 10.6 Å². The highest BCUT2D eigenvalue weighted by Crippen LogP contribution is 2.26. The van der Waals surface area contributed by atoms with Gasteiger partial charge in [-0.3, -0.25) is 9.59 Å². The van der Waals surface area contributed by atoms with Crippen molar-refractivity contribution in [3.05, 3.63) is 57.6 Å². The van der Waals surface area contributed by atoms with Crippen molar-refractivity contribution in [2.75, 3.05) is 5.32 Å². The number of anilines is 2. The number of rotatable bonds is 6. The molecule has 2 aromatic rings. The summed E-state index contributed by atoms with van der Waals surface area (Å²) < 4.78 is 0. The van der Waals surface area contributed by atoms with E-state index in [2.05, 4.69) is 21.2 Å². The molecule has 1 atom stereocenters. The van der Waals surface area contributed by atoms with Crippen molar-refractivity contribution < 1.29 is 9.59 Å². The maximum atomic E-state index is 11.8. The number of amides is 2. The van der Waals surface area contributed by atoms with E-state index >= 15 is 0 Å². The molecule has 2 aromatic carbocycles. The standard InChI is InChI=1S/C20H22Cl2N4O2/c1-4-13(3)24-19(27)20(28)26-23-11-14-9-15(21)6-8-18(14)25-16-7-5-12(2)17(22)10-16/h5-11,13,25H,4H2,1-3H3,(H,24,27)(H,26,28)/b23-11-/t13-/m1/s1. The third kappa shape index (κ3) is 6.25. The number of nitrogens with zero attached hydrogens (tertiary/aromatic N) is 1. The van der Waals surface area contributed by atoms with Gasteiger partial charge in [-0.25, -0.2) is 5.43 Å². The summed E-state index contributed by atoms with van der Waals surface area (Å²) in [7, 11) is 0. The predicted molar refractivity (Wildman–Crippen MR) is 115 cm³/mol. The van der Waals surface area contributed by atoms with Crippen molar-refractivity contribution in [2.24, 2.45) is 5.10 Å². The number of hydrogen-bond acceptors (Lipinski definition) is 4. The zero-order valence-corrected chi connectivity index (χ0v) is 17.4. The molecular weight excluding hydrogens is 399 g/mol. The number of aryl methyl sites for hydroxylation is 1. The molecule has 0 spiro atoms. The molecule has 0 heterocycles. The number of hydrazone groups is 1. The van der Waals surface area contributed by atoms with Gasteiger partial charge in [-0.1, -0.05) is 36.2 Å². The smallest absolute Gasteiger partial charge is 0.329 e. The molecule has 2 rings (SSSR count). The number of benzene rings is 2. The first-order valence-corrected chi connectivity index (χ1v) is 9.52. The number of nitrogens with one attached hydrogen (secondary N) is 3. The molecule has 6 nitrogen and oxygen atoms in total. The zero-order chi connectivity index (χ0) is 20.7. The maximum Gasteiger partial charge on any atom is 0.329 e. The summed E-state index contributed by atoms with van der Waals surface area (Å²) in [4.78, 5) is 23.5. The third-order valence-electron chi connectivity index (χ3n) is 4.03. The molecule has 0 radical (unpaired) electrons. The van der Waals surface area contributed by atoms with Crippen LogP contribution in [0.5, 0.6) is 0 Å². The highest BCUT2D eigenvalue weighted by Gasteiger charge is 2.14. The second-order valence-electron chi connectivity index (χ2n) is 6.30. The van der Waals surface area contributed by atoms with Crippen molar-refractivity contribution in [3.63, 3.8) is 0 Å². The molecule has 3 N–H and O–H groups in total. The molecule has 0 saturated heterocycles. The Morgan fingerprint density at radius 3 is 2.57 bits per heavy atom. The lowest BCUT2D eigenvalue weighted by Gasteiger charge is -2.11. The topological polar surface area (TPSA) is 82.6 Å². The summed E-state index contributed by atoms with van der Waals surface area (Å²) in [5.74, 6) is -1.57. The Morgan fingerprint density at radius 2 is 1.89 bits per heavy atom. The summed E-state index contributed by atoms with van der Waals surface area (Å²) in [5.41, 5.74) is 5.33. The van der Waals surface area contributed by atoms with Gasteiger partial charge in [0.05, 0.1) is 6.21 Å². The second-order valence-corrected chi connectivity index (χ2v) is 7.15. The Kier molecular flexibility index (Phi) is 7.84. The van der Waals surface area contributed by atoms with E-state index in [0.29, 0.717) is 21.3 Å². The van der Waals surface area contributed by atoms with Crippen LogP contribution >= 0.6 is 23.2 Å². The van der Waals surface area contributed by atoms with E-state index in [-0.39, 0.29) is 6.04 Å². The van der Waals surface area contributed by atoms with Gasteiger partial charge in [0, 0.05) is 33.0 Å². The van der Waals surface area contributed by atoms with Crippen LogP contribution < -0.4 is 16.1 Å². The maximum absolute atomic E-state index is 11.8. The molecule has 28 heavy (non-hydrogen) atoms. The van der Waals surface area contributed by atoms with Crippen LogP contribution in [-0.4, -0.2) is 24.1 Å². The molecule has 148 valence electrons. The van der Waals surface area contributed by atoms with E-state index in [0.717, 1.165) is 17.7 Å². The van der Waals surface area contributed by atoms with E-state index in [1.807, 2.05) is 39.0 Å². The average molecular weight is 421 g/mol. The molecule has 0 aliphatic rings. The zero-order valence-electron chi connectivity index (χ0n) is 15.8. The molecule has 2 amide bonds. The van der Waals surface area contributed by atoms with Gasteiger partial charge in [0.15, 0.2) is 0 Å².